The largest absolute Gasteiger partial charge is 0.344 e. The van der Waals surface area contributed by atoms with Crippen molar-refractivity contribution in [3.8, 4) is 44.8 Å². The summed E-state index contributed by atoms with van der Waals surface area (Å²) in [4.78, 5) is 0. The standard InChI is InChI=1S/C40H34F2N2O2S/c41-33-17-13-31(14-18-33)39-23-35(37-3-1-21-43(37)39)29-9-5-27(6-10-29)25-47(45,46)26-28-7-11-30(12-8-28)36-24-40(44-22-2-4-38(36)44)32-15-19-34(42)20-16-32/h5-20,23-24H,1-4,21-22,25-26H2. The van der Waals surface area contributed by atoms with Crippen molar-refractivity contribution >= 4 is 9.84 Å². The summed E-state index contributed by atoms with van der Waals surface area (Å²) in [5.74, 6) is -0.555. The molecule has 2 aliphatic heterocycles. The summed E-state index contributed by atoms with van der Waals surface area (Å²) in [6, 6.07) is 33.3. The van der Waals surface area contributed by atoms with E-state index in [0.717, 1.165) is 94.7 Å². The van der Waals surface area contributed by atoms with E-state index in [2.05, 4.69) is 21.3 Å². The van der Waals surface area contributed by atoms with Crippen molar-refractivity contribution in [2.24, 2.45) is 0 Å². The van der Waals surface area contributed by atoms with Crippen LogP contribution in [0.25, 0.3) is 44.8 Å². The van der Waals surface area contributed by atoms with Crippen LogP contribution in [-0.2, 0) is 47.3 Å². The second-order valence-corrected chi connectivity index (χ2v) is 14.8. The minimum atomic E-state index is -3.40. The number of fused-ring (bicyclic) bond motifs is 2. The average Bonchev–Trinajstić information content (AvgIpc) is 3.86. The Morgan fingerprint density at radius 3 is 1.26 bits per heavy atom. The predicted octanol–water partition coefficient (Wildman–Crippen LogP) is 9.24. The highest BCUT2D eigenvalue weighted by atomic mass is 32.2. The van der Waals surface area contributed by atoms with Crippen LogP contribution in [-0.4, -0.2) is 17.6 Å². The molecule has 0 bridgehead atoms. The molecule has 0 aliphatic carbocycles. The molecule has 0 saturated heterocycles. The van der Waals surface area contributed by atoms with Gasteiger partial charge in [0.2, 0.25) is 0 Å². The number of rotatable bonds is 8. The Kier molecular flexibility index (Phi) is 7.44. The molecule has 4 aromatic carbocycles. The first kappa shape index (κ1) is 29.6. The zero-order chi connectivity index (χ0) is 32.1. The number of hydrogen-bond acceptors (Lipinski definition) is 2. The molecular formula is C40H34F2N2O2S. The minimum absolute atomic E-state index is 0.0300. The Morgan fingerprint density at radius 1 is 0.511 bits per heavy atom. The molecule has 2 aliphatic rings. The number of benzene rings is 4. The first-order valence-electron chi connectivity index (χ1n) is 16.2. The van der Waals surface area contributed by atoms with Crippen molar-refractivity contribution in [3.63, 3.8) is 0 Å². The van der Waals surface area contributed by atoms with Gasteiger partial charge in [-0.25, -0.2) is 17.2 Å². The van der Waals surface area contributed by atoms with Crippen molar-refractivity contribution in [2.45, 2.75) is 50.3 Å². The fraction of sp³-hybridized carbons (Fsp3) is 0.200. The number of nitrogens with zero attached hydrogens (tertiary/aromatic N) is 2. The monoisotopic (exact) mass is 644 g/mol. The van der Waals surface area contributed by atoms with Gasteiger partial charge < -0.3 is 9.13 Å². The highest BCUT2D eigenvalue weighted by Gasteiger charge is 2.23. The maximum Gasteiger partial charge on any atom is 0.158 e. The predicted molar refractivity (Wildman–Crippen MR) is 183 cm³/mol. The SMILES string of the molecule is O=S(=O)(Cc1ccc(-c2cc(-c3ccc(F)cc3)n3c2CCC3)cc1)Cc1ccc(-c2cc(-c3ccc(F)cc3)n3c2CCC3)cc1. The van der Waals surface area contributed by atoms with Crippen LogP contribution in [0.4, 0.5) is 8.78 Å². The van der Waals surface area contributed by atoms with Crippen LogP contribution in [0.2, 0.25) is 0 Å². The summed E-state index contributed by atoms with van der Waals surface area (Å²) in [5, 5.41) is 0. The van der Waals surface area contributed by atoms with E-state index >= 15 is 0 Å². The lowest BCUT2D eigenvalue weighted by Gasteiger charge is -2.08. The van der Waals surface area contributed by atoms with Gasteiger partial charge in [0.05, 0.1) is 11.5 Å². The normalized spacial score (nSPS) is 14.0. The quantitative estimate of drug-likeness (QED) is 0.166. The van der Waals surface area contributed by atoms with Gasteiger partial charge >= 0.3 is 0 Å². The van der Waals surface area contributed by atoms with E-state index in [9.17, 15) is 17.2 Å². The maximum atomic E-state index is 13.5. The van der Waals surface area contributed by atoms with Gasteiger partial charge in [-0.05, 0) is 120 Å². The molecule has 7 heteroatoms. The second kappa shape index (κ2) is 11.8. The van der Waals surface area contributed by atoms with Crippen LogP contribution in [0, 0.1) is 11.6 Å². The average molecular weight is 645 g/mol. The van der Waals surface area contributed by atoms with Gasteiger partial charge in [0.1, 0.15) is 11.6 Å². The summed E-state index contributed by atoms with van der Waals surface area (Å²) < 4.78 is 58.3. The molecule has 8 rings (SSSR count). The van der Waals surface area contributed by atoms with E-state index < -0.39 is 9.84 Å². The van der Waals surface area contributed by atoms with Gasteiger partial charge in [0, 0.05) is 47.0 Å². The maximum absolute atomic E-state index is 13.5. The van der Waals surface area contributed by atoms with Crippen LogP contribution in [0.5, 0.6) is 0 Å². The molecule has 4 heterocycles. The van der Waals surface area contributed by atoms with Crippen molar-refractivity contribution < 1.29 is 17.2 Å². The number of aromatic nitrogens is 2. The molecular weight excluding hydrogens is 611 g/mol. The Bertz CT molecular complexity index is 2040. The van der Waals surface area contributed by atoms with Gasteiger partial charge in [-0.15, -0.1) is 0 Å². The molecule has 0 spiro atoms. The van der Waals surface area contributed by atoms with E-state index in [1.807, 2.05) is 72.8 Å². The molecule has 0 N–H and O–H groups in total. The number of halogens is 2. The molecule has 0 saturated carbocycles. The second-order valence-electron chi connectivity index (χ2n) is 12.7. The molecule has 6 aromatic rings. The zero-order valence-corrected chi connectivity index (χ0v) is 26.7. The molecule has 0 fully saturated rings. The van der Waals surface area contributed by atoms with Crippen molar-refractivity contribution in [3.05, 3.63) is 143 Å². The van der Waals surface area contributed by atoms with Crippen LogP contribution in [0.1, 0.15) is 35.4 Å². The van der Waals surface area contributed by atoms with Gasteiger partial charge in [0.15, 0.2) is 9.84 Å². The fourth-order valence-electron chi connectivity index (χ4n) is 7.38. The molecule has 4 nitrogen and oxygen atoms in total. The highest BCUT2D eigenvalue weighted by Crippen LogP contribution is 2.38. The van der Waals surface area contributed by atoms with E-state index in [0.29, 0.717) is 0 Å². The third-order valence-electron chi connectivity index (χ3n) is 9.59. The summed E-state index contributed by atoms with van der Waals surface area (Å²) in [5.41, 5.74) is 12.6. The summed E-state index contributed by atoms with van der Waals surface area (Å²) in [6.45, 7) is 1.87. The Hall–Kier alpha value is -4.75. The smallest absolute Gasteiger partial charge is 0.158 e. The molecule has 0 atom stereocenters. The third kappa shape index (κ3) is 5.74. The molecule has 47 heavy (non-hydrogen) atoms. The molecule has 0 radical (unpaired) electrons. The fourth-order valence-corrected chi connectivity index (χ4v) is 8.88. The van der Waals surface area contributed by atoms with Crippen LogP contribution in [0.15, 0.2) is 109 Å². The molecule has 2 aromatic heterocycles. The van der Waals surface area contributed by atoms with Crippen LogP contribution < -0.4 is 0 Å². The highest BCUT2D eigenvalue weighted by molar-refractivity contribution is 7.89. The van der Waals surface area contributed by atoms with Gasteiger partial charge in [-0.1, -0.05) is 48.5 Å². The lowest BCUT2D eigenvalue weighted by molar-refractivity contribution is 0.594. The van der Waals surface area contributed by atoms with Crippen molar-refractivity contribution in [2.75, 3.05) is 0 Å². The topological polar surface area (TPSA) is 44.0 Å². The summed E-state index contributed by atoms with van der Waals surface area (Å²) >= 11 is 0. The molecule has 0 amide bonds. The summed E-state index contributed by atoms with van der Waals surface area (Å²) in [6.07, 6.45) is 4.10. The van der Waals surface area contributed by atoms with E-state index in [1.54, 1.807) is 0 Å². The van der Waals surface area contributed by atoms with Gasteiger partial charge in [-0.2, -0.15) is 0 Å². The molecule has 0 unspecified atom stereocenters. The Balaban J connectivity index is 0.977. The Morgan fingerprint density at radius 2 is 0.872 bits per heavy atom. The lowest BCUT2D eigenvalue weighted by Crippen LogP contribution is -2.07. The van der Waals surface area contributed by atoms with Crippen molar-refractivity contribution in [1.82, 2.24) is 9.13 Å². The van der Waals surface area contributed by atoms with E-state index in [1.165, 1.54) is 35.7 Å². The van der Waals surface area contributed by atoms with Gasteiger partial charge in [0.25, 0.3) is 0 Å². The zero-order valence-electron chi connectivity index (χ0n) is 25.9. The van der Waals surface area contributed by atoms with E-state index in [4.69, 9.17) is 0 Å². The number of hydrogen-bond donors (Lipinski definition) is 0. The van der Waals surface area contributed by atoms with Gasteiger partial charge in [-0.3, -0.25) is 0 Å². The number of sulfone groups is 1. The lowest BCUT2D eigenvalue weighted by atomic mass is 10.0. The van der Waals surface area contributed by atoms with Crippen molar-refractivity contribution in [1.29, 1.82) is 0 Å². The minimum Gasteiger partial charge on any atom is -0.344 e. The third-order valence-corrected chi connectivity index (χ3v) is 11.1. The van der Waals surface area contributed by atoms with Crippen LogP contribution >= 0.6 is 0 Å². The first-order valence-corrected chi connectivity index (χ1v) is 18.0. The Labute approximate surface area is 273 Å². The van der Waals surface area contributed by atoms with E-state index in [-0.39, 0.29) is 23.1 Å². The molecule has 236 valence electrons. The first-order chi connectivity index (χ1) is 22.8. The van der Waals surface area contributed by atoms with Crippen LogP contribution in [0.3, 0.4) is 0 Å². The summed E-state index contributed by atoms with van der Waals surface area (Å²) in [7, 11) is -3.40.